The molecule has 1 N–H and O–H groups in total. The summed E-state index contributed by atoms with van der Waals surface area (Å²) in [6.07, 6.45) is 1.04. The van der Waals surface area contributed by atoms with E-state index < -0.39 is 17.7 Å². The summed E-state index contributed by atoms with van der Waals surface area (Å²) in [5.41, 5.74) is 1.23. The molecule has 0 bridgehead atoms. The largest absolute Gasteiger partial charge is 0.444 e. The number of benzene rings is 1. The molecule has 138 valence electrons. The zero-order valence-corrected chi connectivity index (χ0v) is 16.2. The van der Waals surface area contributed by atoms with E-state index in [2.05, 4.69) is 26.1 Å². The van der Waals surface area contributed by atoms with Crippen LogP contribution in [0.15, 0.2) is 24.3 Å². The first-order valence-corrected chi connectivity index (χ1v) is 8.89. The molecule has 0 spiro atoms. The zero-order chi connectivity index (χ0) is 18.8. The molecular formula is C20H30N2O3. The summed E-state index contributed by atoms with van der Waals surface area (Å²) < 4.78 is 5.44. The molecule has 5 heteroatoms. The number of nitrogens with zero attached hydrogens (tertiary/aromatic N) is 1. The Morgan fingerprint density at radius 3 is 2.36 bits per heavy atom. The quantitative estimate of drug-likeness (QED) is 0.867. The fraction of sp³-hybridized carbons (Fsp3) is 0.600. The Balaban J connectivity index is 2.14. The van der Waals surface area contributed by atoms with Gasteiger partial charge in [-0.1, -0.05) is 39.0 Å². The van der Waals surface area contributed by atoms with Gasteiger partial charge in [-0.15, -0.1) is 0 Å². The van der Waals surface area contributed by atoms with Gasteiger partial charge in [0, 0.05) is 12.2 Å². The average Bonchev–Trinajstić information content (AvgIpc) is 2.94. The van der Waals surface area contributed by atoms with Crippen molar-refractivity contribution in [2.24, 2.45) is 0 Å². The average molecular weight is 346 g/mol. The van der Waals surface area contributed by atoms with E-state index >= 15 is 0 Å². The van der Waals surface area contributed by atoms with Crippen LogP contribution in [0.25, 0.3) is 0 Å². The number of rotatable bonds is 2. The minimum Gasteiger partial charge on any atom is -0.444 e. The number of amides is 2. The van der Waals surface area contributed by atoms with Crippen LogP contribution < -0.4 is 5.32 Å². The highest BCUT2D eigenvalue weighted by Gasteiger charge is 2.37. The number of anilines is 1. The van der Waals surface area contributed by atoms with Gasteiger partial charge in [0.25, 0.3) is 0 Å². The minimum atomic E-state index is -0.570. The Kier molecular flexibility index (Phi) is 5.45. The second-order valence-corrected chi connectivity index (χ2v) is 8.62. The van der Waals surface area contributed by atoms with E-state index in [0.29, 0.717) is 13.0 Å². The molecule has 25 heavy (non-hydrogen) atoms. The third-order valence-electron chi connectivity index (χ3n) is 4.18. The van der Waals surface area contributed by atoms with Gasteiger partial charge in [0.15, 0.2) is 0 Å². The van der Waals surface area contributed by atoms with Crippen LogP contribution in [-0.4, -0.2) is 35.1 Å². The van der Waals surface area contributed by atoms with Crippen LogP contribution in [-0.2, 0) is 14.9 Å². The molecule has 1 fully saturated rings. The number of carbonyl (C=O) groups excluding carboxylic acids is 2. The molecule has 1 aromatic rings. The number of carbonyl (C=O) groups is 2. The van der Waals surface area contributed by atoms with E-state index in [-0.39, 0.29) is 11.3 Å². The third kappa shape index (κ3) is 4.97. The first-order valence-electron chi connectivity index (χ1n) is 8.89. The highest BCUT2D eigenvalue weighted by Crippen LogP contribution is 2.30. The van der Waals surface area contributed by atoms with Gasteiger partial charge in [-0.3, -0.25) is 9.69 Å². The summed E-state index contributed by atoms with van der Waals surface area (Å²) >= 11 is 0. The second kappa shape index (κ2) is 7.06. The Morgan fingerprint density at radius 2 is 1.76 bits per heavy atom. The maximum absolute atomic E-state index is 12.8. The lowest BCUT2D eigenvalue weighted by Gasteiger charge is -2.29. The zero-order valence-electron chi connectivity index (χ0n) is 16.2. The maximum Gasteiger partial charge on any atom is 0.410 e. The topological polar surface area (TPSA) is 58.6 Å². The normalized spacial score (nSPS) is 18.2. The van der Waals surface area contributed by atoms with Gasteiger partial charge in [-0.05, 0) is 50.7 Å². The first kappa shape index (κ1) is 19.3. The van der Waals surface area contributed by atoms with Crippen LogP contribution in [0, 0.1) is 0 Å². The Hall–Kier alpha value is -2.04. The molecule has 1 heterocycles. The maximum atomic E-state index is 12.8. The van der Waals surface area contributed by atoms with E-state index in [4.69, 9.17) is 4.74 Å². The molecule has 1 aromatic carbocycles. The third-order valence-corrected chi connectivity index (χ3v) is 4.18. The van der Waals surface area contributed by atoms with Crippen molar-refractivity contribution in [2.75, 3.05) is 11.9 Å². The SMILES string of the molecule is CC(C)(C)OC(=O)N1CCCC1C(=O)Nc1ccccc1C(C)(C)C. The molecule has 2 rings (SSSR count). The van der Waals surface area contributed by atoms with Gasteiger partial charge in [-0.2, -0.15) is 0 Å². The Bertz CT molecular complexity index is 641. The van der Waals surface area contributed by atoms with Gasteiger partial charge in [-0.25, -0.2) is 4.79 Å². The van der Waals surface area contributed by atoms with E-state index in [1.165, 1.54) is 0 Å². The predicted molar refractivity (Wildman–Crippen MR) is 99.7 cm³/mol. The van der Waals surface area contributed by atoms with Crippen LogP contribution in [0.2, 0.25) is 0 Å². The number of hydrogen-bond donors (Lipinski definition) is 1. The lowest BCUT2D eigenvalue weighted by Crippen LogP contribution is -2.45. The number of hydrogen-bond acceptors (Lipinski definition) is 3. The molecular weight excluding hydrogens is 316 g/mol. The molecule has 0 aromatic heterocycles. The summed E-state index contributed by atoms with van der Waals surface area (Å²) in [5.74, 6) is -0.153. The van der Waals surface area contributed by atoms with Crippen molar-refractivity contribution in [1.82, 2.24) is 4.90 Å². The van der Waals surface area contributed by atoms with Crippen LogP contribution in [0.4, 0.5) is 10.5 Å². The van der Waals surface area contributed by atoms with Crippen molar-refractivity contribution in [3.05, 3.63) is 29.8 Å². The molecule has 1 aliphatic rings. The van der Waals surface area contributed by atoms with E-state index in [0.717, 1.165) is 17.7 Å². The molecule has 1 unspecified atom stereocenters. The Morgan fingerprint density at radius 1 is 1.12 bits per heavy atom. The van der Waals surface area contributed by atoms with Crippen molar-refractivity contribution < 1.29 is 14.3 Å². The molecule has 1 atom stereocenters. The molecule has 0 radical (unpaired) electrons. The highest BCUT2D eigenvalue weighted by atomic mass is 16.6. The Labute approximate surface area is 150 Å². The van der Waals surface area contributed by atoms with Crippen LogP contribution in [0.5, 0.6) is 0 Å². The van der Waals surface area contributed by atoms with Crippen molar-refractivity contribution in [3.8, 4) is 0 Å². The van der Waals surface area contributed by atoms with E-state index in [9.17, 15) is 9.59 Å². The van der Waals surface area contributed by atoms with Crippen molar-refractivity contribution in [3.63, 3.8) is 0 Å². The van der Waals surface area contributed by atoms with Crippen LogP contribution in [0.1, 0.15) is 59.9 Å². The summed E-state index contributed by atoms with van der Waals surface area (Å²) in [6, 6.07) is 7.33. The molecule has 5 nitrogen and oxygen atoms in total. The van der Waals surface area contributed by atoms with Crippen molar-refractivity contribution >= 4 is 17.7 Å². The summed E-state index contributed by atoms with van der Waals surface area (Å²) in [5, 5.41) is 3.02. The molecule has 0 aliphatic carbocycles. The molecule has 1 saturated heterocycles. The molecule has 1 aliphatic heterocycles. The minimum absolute atomic E-state index is 0.0790. The standard InChI is InChI=1S/C20H30N2O3/c1-19(2,3)14-10-7-8-11-15(14)21-17(23)16-12-9-13-22(16)18(24)25-20(4,5)6/h7-8,10-11,16H,9,12-13H2,1-6H3,(H,21,23). The fourth-order valence-corrected chi connectivity index (χ4v) is 3.04. The predicted octanol–water partition coefficient (Wildman–Crippen LogP) is 4.32. The van der Waals surface area contributed by atoms with E-state index in [1.807, 2.05) is 45.0 Å². The van der Waals surface area contributed by atoms with Crippen LogP contribution >= 0.6 is 0 Å². The van der Waals surface area contributed by atoms with Crippen molar-refractivity contribution in [2.45, 2.75) is 71.4 Å². The number of ether oxygens (including phenoxy) is 1. The summed E-state index contributed by atoms with van der Waals surface area (Å²) in [6.45, 7) is 12.4. The highest BCUT2D eigenvalue weighted by molar-refractivity contribution is 5.97. The van der Waals surface area contributed by atoms with Gasteiger partial charge in [0.1, 0.15) is 11.6 Å². The lowest BCUT2D eigenvalue weighted by molar-refractivity contribution is -0.120. The van der Waals surface area contributed by atoms with Gasteiger partial charge in [0.2, 0.25) is 5.91 Å². The summed E-state index contributed by atoms with van der Waals surface area (Å²) in [4.78, 5) is 26.7. The molecule has 2 amide bonds. The van der Waals surface area contributed by atoms with E-state index in [1.54, 1.807) is 4.90 Å². The van der Waals surface area contributed by atoms with Crippen LogP contribution in [0.3, 0.4) is 0 Å². The first-order chi connectivity index (χ1) is 11.5. The fourth-order valence-electron chi connectivity index (χ4n) is 3.04. The number of para-hydroxylation sites is 1. The number of likely N-dealkylation sites (tertiary alicyclic amines) is 1. The smallest absolute Gasteiger partial charge is 0.410 e. The molecule has 0 saturated carbocycles. The lowest BCUT2D eigenvalue weighted by atomic mass is 9.86. The number of nitrogens with one attached hydrogen (secondary N) is 1. The van der Waals surface area contributed by atoms with Gasteiger partial charge < -0.3 is 10.1 Å². The summed E-state index contributed by atoms with van der Waals surface area (Å²) in [7, 11) is 0. The monoisotopic (exact) mass is 346 g/mol. The second-order valence-electron chi connectivity index (χ2n) is 8.62. The van der Waals surface area contributed by atoms with Crippen molar-refractivity contribution in [1.29, 1.82) is 0 Å². The van der Waals surface area contributed by atoms with Gasteiger partial charge in [0.05, 0.1) is 0 Å². The van der Waals surface area contributed by atoms with Gasteiger partial charge >= 0.3 is 6.09 Å².